The van der Waals surface area contributed by atoms with Gasteiger partial charge in [-0.05, 0) is 12.1 Å². The minimum atomic E-state index is 0.271. The molecule has 0 aliphatic carbocycles. The molecule has 2 rings (SSSR count). The van der Waals surface area contributed by atoms with Gasteiger partial charge in [0.2, 0.25) is 0 Å². The van der Waals surface area contributed by atoms with E-state index in [1.807, 2.05) is 12.1 Å². The zero-order valence-corrected chi connectivity index (χ0v) is 8.44. The first-order valence-corrected chi connectivity index (χ1v) is 4.59. The number of hydrogen-bond acceptors (Lipinski definition) is 5. The number of halogens is 1. The van der Waals surface area contributed by atoms with Gasteiger partial charge < -0.3 is 0 Å². The van der Waals surface area contributed by atoms with E-state index in [1.165, 1.54) is 0 Å². The Labute approximate surface area is 91.3 Å². The standard InChI is InChI=1S/C9H8ClN5/c10-7-3-1-2-6(4-7)8-5-12-15-9(13-8)14-11/h1-5H,11H2,(H,13,14,15). The normalized spacial score (nSPS) is 10.0. The molecule has 0 bridgehead atoms. The van der Waals surface area contributed by atoms with E-state index in [2.05, 4.69) is 20.6 Å². The molecule has 0 saturated carbocycles. The summed E-state index contributed by atoms with van der Waals surface area (Å²) in [7, 11) is 0. The molecule has 5 nitrogen and oxygen atoms in total. The second kappa shape index (κ2) is 4.20. The fourth-order valence-electron chi connectivity index (χ4n) is 1.15. The second-order valence-corrected chi connectivity index (χ2v) is 3.26. The topological polar surface area (TPSA) is 76.7 Å². The van der Waals surface area contributed by atoms with E-state index in [1.54, 1.807) is 18.3 Å². The highest BCUT2D eigenvalue weighted by Crippen LogP contribution is 2.20. The highest BCUT2D eigenvalue weighted by molar-refractivity contribution is 6.30. The lowest BCUT2D eigenvalue weighted by atomic mass is 10.2. The van der Waals surface area contributed by atoms with Crippen molar-refractivity contribution >= 4 is 17.5 Å². The van der Waals surface area contributed by atoms with E-state index < -0.39 is 0 Å². The monoisotopic (exact) mass is 221 g/mol. The Morgan fingerprint density at radius 3 is 2.93 bits per heavy atom. The third kappa shape index (κ3) is 2.20. The molecule has 15 heavy (non-hydrogen) atoms. The maximum Gasteiger partial charge on any atom is 0.257 e. The third-order valence-corrected chi connectivity index (χ3v) is 2.04. The maximum absolute atomic E-state index is 5.86. The van der Waals surface area contributed by atoms with Crippen molar-refractivity contribution in [3.63, 3.8) is 0 Å². The molecule has 0 amide bonds. The third-order valence-electron chi connectivity index (χ3n) is 1.81. The zero-order valence-electron chi connectivity index (χ0n) is 7.68. The average Bonchev–Trinajstić information content (AvgIpc) is 2.29. The number of hydrogen-bond donors (Lipinski definition) is 2. The summed E-state index contributed by atoms with van der Waals surface area (Å²) in [6.45, 7) is 0. The number of benzene rings is 1. The Bertz CT molecular complexity index is 474. The minimum Gasteiger partial charge on any atom is -0.291 e. The van der Waals surface area contributed by atoms with Gasteiger partial charge in [0, 0.05) is 10.6 Å². The van der Waals surface area contributed by atoms with Crippen molar-refractivity contribution < 1.29 is 0 Å². The number of hydrazine groups is 1. The van der Waals surface area contributed by atoms with Crippen LogP contribution in [0, 0.1) is 0 Å². The van der Waals surface area contributed by atoms with Gasteiger partial charge in [-0.1, -0.05) is 23.7 Å². The second-order valence-electron chi connectivity index (χ2n) is 2.82. The molecule has 0 fully saturated rings. The predicted molar refractivity (Wildman–Crippen MR) is 58.1 cm³/mol. The van der Waals surface area contributed by atoms with Crippen LogP contribution in [0.5, 0.6) is 0 Å². The Balaban J connectivity index is 2.44. The zero-order chi connectivity index (χ0) is 10.7. The quantitative estimate of drug-likeness (QED) is 0.593. The van der Waals surface area contributed by atoms with Crippen LogP contribution in [-0.2, 0) is 0 Å². The van der Waals surface area contributed by atoms with E-state index in [9.17, 15) is 0 Å². The molecular weight excluding hydrogens is 214 g/mol. The van der Waals surface area contributed by atoms with E-state index in [0.717, 1.165) is 5.56 Å². The molecule has 0 atom stereocenters. The number of nitrogen functional groups attached to an aromatic ring is 1. The lowest BCUT2D eigenvalue weighted by Gasteiger charge is -2.02. The van der Waals surface area contributed by atoms with E-state index in [-0.39, 0.29) is 5.95 Å². The van der Waals surface area contributed by atoms with E-state index in [4.69, 9.17) is 17.4 Å². The van der Waals surface area contributed by atoms with Crippen molar-refractivity contribution in [2.75, 3.05) is 5.43 Å². The molecular formula is C9H8ClN5. The number of nitrogens with two attached hydrogens (primary N) is 1. The molecule has 1 aromatic carbocycles. The summed E-state index contributed by atoms with van der Waals surface area (Å²) in [5.74, 6) is 5.46. The van der Waals surface area contributed by atoms with Gasteiger partial charge in [0.15, 0.2) is 0 Å². The SMILES string of the molecule is NNc1nncc(-c2cccc(Cl)c2)n1. The van der Waals surface area contributed by atoms with Gasteiger partial charge in [0.05, 0.1) is 11.9 Å². The van der Waals surface area contributed by atoms with Crippen molar-refractivity contribution in [1.29, 1.82) is 0 Å². The highest BCUT2D eigenvalue weighted by Gasteiger charge is 2.02. The number of nitrogens with one attached hydrogen (secondary N) is 1. The Morgan fingerprint density at radius 2 is 2.20 bits per heavy atom. The summed E-state index contributed by atoms with van der Waals surface area (Å²) in [6, 6.07) is 7.32. The van der Waals surface area contributed by atoms with Crippen molar-refractivity contribution in [2.45, 2.75) is 0 Å². The van der Waals surface area contributed by atoms with Gasteiger partial charge in [-0.15, -0.1) is 5.10 Å². The number of aromatic nitrogens is 3. The Kier molecular flexibility index (Phi) is 2.75. The summed E-state index contributed by atoms with van der Waals surface area (Å²) in [4.78, 5) is 4.13. The maximum atomic E-state index is 5.86. The molecule has 0 aliphatic rings. The van der Waals surface area contributed by atoms with Crippen molar-refractivity contribution in [3.05, 3.63) is 35.5 Å². The van der Waals surface area contributed by atoms with Gasteiger partial charge in [-0.2, -0.15) is 5.10 Å². The fraction of sp³-hybridized carbons (Fsp3) is 0. The molecule has 6 heteroatoms. The van der Waals surface area contributed by atoms with E-state index >= 15 is 0 Å². The molecule has 1 aromatic heterocycles. The molecule has 2 aromatic rings. The van der Waals surface area contributed by atoms with Crippen LogP contribution in [0.4, 0.5) is 5.95 Å². The molecule has 0 spiro atoms. The van der Waals surface area contributed by atoms with Crippen LogP contribution < -0.4 is 11.3 Å². The molecule has 0 unspecified atom stereocenters. The Morgan fingerprint density at radius 1 is 1.33 bits per heavy atom. The summed E-state index contributed by atoms with van der Waals surface area (Å²) in [5, 5.41) is 8.09. The smallest absolute Gasteiger partial charge is 0.257 e. The molecule has 1 heterocycles. The molecule has 0 radical (unpaired) electrons. The van der Waals surface area contributed by atoms with Gasteiger partial charge in [-0.25, -0.2) is 10.8 Å². The average molecular weight is 222 g/mol. The van der Waals surface area contributed by atoms with Crippen LogP contribution in [0.3, 0.4) is 0 Å². The molecule has 76 valence electrons. The summed E-state index contributed by atoms with van der Waals surface area (Å²) in [6.07, 6.45) is 1.55. The van der Waals surface area contributed by atoms with Gasteiger partial charge in [-0.3, -0.25) is 5.43 Å². The summed E-state index contributed by atoms with van der Waals surface area (Å²) < 4.78 is 0. The lowest BCUT2D eigenvalue weighted by molar-refractivity contribution is 0.966. The fourth-order valence-corrected chi connectivity index (χ4v) is 1.34. The van der Waals surface area contributed by atoms with Crippen LogP contribution >= 0.6 is 11.6 Å². The highest BCUT2D eigenvalue weighted by atomic mass is 35.5. The lowest BCUT2D eigenvalue weighted by Crippen LogP contribution is -2.11. The number of rotatable bonds is 2. The largest absolute Gasteiger partial charge is 0.291 e. The van der Waals surface area contributed by atoms with Crippen molar-refractivity contribution in [3.8, 4) is 11.3 Å². The van der Waals surface area contributed by atoms with Crippen molar-refractivity contribution in [1.82, 2.24) is 15.2 Å². The summed E-state index contributed by atoms with van der Waals surface area (Å²) >= 11 is 5.86. The molecule has 0 saturated heterocycles. The van der Waals surface area contributed by atoms with Gasteiger partial charge >= 0.3 is 0 Å². The van der Waals surface area contributed by atoms with Gasteiger partial charge in [0.1, 0.15) is 0 Å². The van der Waals surface area contributed by atoms with Gasteiger partial charge in [0.25, 0.3) is 5.95 Å². The first-order chi connectivity index (χ1) is 7.29. The van der Waals surface area contributed by atoms with Crippen LogP contribution in [0.15, 0.2) is 30.5 Å². The van der Waals surface area contributed by atoms with Crippen LogP contribution in [0.2, 0.25) is 5.02 Å². The van der Waals surface area contributed by atoms with Crippen molar-refractivity contribution in [2.24, 2.45) is 5.84 Å². The first kappa shape index (κ1) is 9.82. The minimum absolute atomic E-state index is 0.271. The first-order valence-electron chi connectivity index (χ1n) is 4.22. The summed E-state index contributed by atoms with van der Waals surface area (Å²) in [5.41, 5.74) is 3.87. The van der Waals surface area contributed by atoms with Crippen LogP contribution in [0.25, 0.3) is 11.3 Å². The number of anilines is 1. The Hall–Kier alpha value is -1.72. The predicted octanol–water partition coefficient (Wildman–Crippen LogP) is 1.48. The molecule has 0 aliphatic heterocycles. The number of nitrogens with zero attached hydrogens (tertiary/aromatic N) is 3. The van der Waals surface area contributed by atoms with E-state index in [0.29, 0.717) is 10.7 Å². The van der Waals surface area contributed by atoms with Crippen LogP contribution in [0.1, 0.15) is 0 Å². The van der Waals surface area contributed by atoms with Crippen LogP contribution in [-0.4, -0.2) is 15.2 Å². The molecule has 3 N–H and O–H groups in total.